The summed E-state index contributed by atoms with van der Waals surface area (Å²) in [6, 6.07) is 3.24. The van der Waals surface area contributed by atoms with Crippen molar-refractivity contribution in [3.05, 3.63) is 33.9 Å². The van der Waals surface area contributed by atoms with Crippen LogP contribution >= 0.6 is 0 Å². The number of aromatic carboxylic acids is 1. The molecule has 8 nitrogen and oxygen atoms in total. The number of hydrogen-bond donors (Lipinski definition) is 2. The molecule has 1 unspecified atom stereocenters. The van der Waals surface area contributed by atoms with Crippen molar-refractivity contribution in [3.63, 3.8) is 0 Å². The van der Waals surface area contributed by atoms with Crippen LogP contribution in [-0.4, -0.2) is 35.1 Å². The van der Waals surface area contributed by atoms with Crippen LogP contribution in [0, 0.1) is 16.0 Å². The van der Waals surface area contributed by atoms with E-state index in [4.69, 9.17) is 9.84 Å². The van der Waals surface area contributed by atoms with Gasteiger partial charge in [0.1, 0.15) is 0 Å². The number of amides is 1. The summed E-state index contributed by atoms with van der Waals surface area (Å²) in [5.74, 6) is -2.03. The molecule has 1 saturated heterocycles. The van der Waals surface area contributed by atoms with E-state index in [1.807, 2.05) is 0 Å². The van der Waals surface area contributed by atoms with Crippen LogP contribution in [0.1, 0.15) is 23.2 Å². The highest BCUT2D eigenvalue weighted by atomic mass is 16.6. The fraction of sp³-hybridized carbons (Fsp3) is 0.385. The molecule has 8 heteroatoms. The lowest BCUT2D eigenvalue weighted by atomic mass is 10.0. The number of ether oxygens (including phenoxy) is 1. The van der Waals surface area contributed by atoms with Crippen LogP contribution in [0.3, 0.4) is 0 Å². The van der Waals surface area contributed by atoms with Crippen molar-refractivity contribution in [3.8, 4) is 0 Å². The molecule has 2 N–H and O–H groups in total. The Hall–Kier alpha value is -2.48. The van der Waals surface area contributed by atoms with Gasteiger partial charge in [0, 0.05) is 18.7 Å². The van der Waals surface area contributed by atoms with E-state index in [9.17, 15) is 19.7 Å². The molecule has 1 aromatic rings. The highest BCUT2D eigenvalue weighted by Gasteiger charge is 2.24. The minimum absolute atomic E-state index is 0.0766. The number of rotatable bonds is 4. The molecule has 112 valence electrons. The minimum Gasteiger partial charge on any atom is -0.478 e. The lowest BCUT2D eigenvalue weighted by molar-refractivity contribution is -0.384. The van der Waals surface area contributed by atoms with E-state index >= 15 is 0 Å². The lowest BCUT2D eigenvalue weighted by Gasteiger charge is -2.21. The van der Waals surface area contributed by atoms with Gasteiger partial charge in [0.05, 0.1) is 28.7 Å². The maximum atomic E-state index is 12.1. The van der Waals surface area contributed by atoms with E-state index in [1.165, 1.54) is 0 Å². The number of anilines is 1. The molecule has 21 heavy (non-hydrogen) atoms. The number of nitro groups is 1. The first-order chi connectivity index (χ1) is 9.99. The molecule has 0 saturated carbocycles. The second-order valence-corrected chi connectivity index (χ2v) is 4.70. The molecule has 1 aromatic carbocycles. The van der Waals surface area contributed by atoms with Gasteiger partial charge < -0.3 is 15.2 Å². The average molecular weight is 294 g/mol. The molecule has 1 aliphatic rings. The molecule has 1 heterocycles. The van der Waals surface area contributed by atoms with Crippen molar-refractivity contribution in [1.29, 1.82) is 0 Å². The average Bonchev–Trinajstić information content (AvgIpc) is 2.47. The number of carbonyl (C=O) groups excluding carboxylic acids is 1. The van der Waals surface area contributed by atoms with E-state index in [1.54, 1.807) is 0 Å². The van der Waals surface area contributed by atoms with E-state index < -0.39 is 16.8 Å². The minimum atomic E-state index is -1.26. The number of carboxylic acid groups (broad SMARTS) is 1. The van der Waals surface area contributed by atoms with E-state index in [2.05, 4.69) is 5.32 Å². The van der Waals surface area contributed by atoms with Crippen molar-refractivity contribution >= 4 is 23.3 Å². The summed E-state index contributed by atoms with van der Waals surface area (Å²) >= 11 is 0. The summed E-state index contributed by atoms with van der Waals surface area (Å²) in [5, 5.41) is 22.3. The van der Waals surface area contributed by atoms with Gasteiger partial charge in [0.25, 0.3) is 5.69 Å². The molecule has 1 fully saturated rings. The lowest BCUT2D eigenvalue weighted by Crippen LogP contribution is -2.30. The SMILES string of the molecule is O=C(O)c1ccc([N+](=O)[O-])cc1NC(=O)C1CCCOC1. The molecule has 0 bridgehead atoms. The Morgan fingerprint density at radius 3 is 2.76 bits per heavy atom. The fourth-order valence-electron chi connectivity index (χ4n) is 2.12. The van der Waals surface area contributed by atoms with Crippen LogP contribution in [0.5, 0.6) is 0 Å². The van der Waals surface area contributed by atoms with Crippen LogP contribution in [0.25, 0.3) is 0 Å². The van der Waals surface area contributed by atoms with Crippen LogP contribution in [-0.2, 0) is 9.53 Å². The Morgan fingerprint density at radius 1 is 1.43 bits per heavy atom. The van der Waals surface area contributed by atoms with Crippen molar-refractivity contribution in [2.45, 2.75) is 12.8 Å². The van der Waals surface area contributed by atoms with Crippen LogP contribution in [0.4, 0.5) is 11.4 Å². The molecule has 0 radical (unpaired) electrons. The predicted octanol–water partition coefficient (Wildman–Crippen LogP) is 1.66. The molecule has 0 aromatic heterocycles. The van der Waals surface area contributed by atoms with E-state index in [-0.39, 0.29) is 29.5 Å². The molecular formula is C13H14N2O6. The predicted molar refractivity (Wildman–Crippen MR) is 72.2 cm³/mol. The Bertz CT molecular complexity index is 580. The van der Waals surface area contributed by atoms with Crippen LogP contribution in [0.15, 0.2) is 18.2 Å². The van der Waals surface area contributed by atoms with Gasteiger partial charge in [-0.25, -0.2) is 4.79 Å². The molecule has 2 rings (SSSR count). The fourth-order valence-corrected chi connectivity index (χ4v) is 2.12. The third kappa shape index (κ3) is 3.54. The maximum Gasteiger partial charge on any atom is 0.337 e. The van der Waals surface area contributed by atoms with Crippen molar-refractivity contribution in [2.24, 2.45) is 5.92 Å². The third-order valence-electron chi connectivity index (χ3n) is 3.23. The number of non-ortho nitro benzene ring substituents is 1. The highest BCUT2D eigenvalue weighted by molar-refractivity contribution is 6.01. The van der Waals surface area contributed by atoms with Gasteiger partial charge in [-0.05, 0) is 18.9 Å². The number of hydrogen-bond acceptors (Lipinski definition) is 5. The zero-order valence-corrected chi connectivity index (χ0v) is 11.1. The standard InChI is InChI=1S/C13H14N2O6/c16-12(8-2-1-5-21-7-8)14-11-6-9(15(19)20)3-4-10(11)13(17)18/h3-4,6,8H,1-2,5,7H2,(H,14,16)(H,17,18). The van der Waals surface area contributed by atoms with E-state index in [0.717, 1.165) is 24.6 Å². The Labute approximate surface area is 119 Å². The van der Waals surface area contributed by atoms with E-state index in [0.29, 0.717) is 13.0 Å². The summed E-state index contributed by atoms with van der Waals surface area (Å²) in [6.07, 6.45) is 1.39. The summed E-state index contributed by atoms with van der Waals surface area (Å²) in [4.78, 5) is 33.3. The van der Waals surface area contributed by atoms with Crippen molar-refractivity contribution in [1.82, 2.24) is 0 Å². The summed E-state index contributed by atoms with van der Waals surface area (Å²) in [6.45, 7) is 0.865. The zero-order chi connectivity index (χ0) is 15.4. The zero-order valence-electron chi connectivity index (χ0n) is 11.1. The molecule has 1 aliphatic heterocycles. The van der Waals surface area contributed by atoms with Gasteiger partial charge >= 0.3 is 5.97 Å². The summed E-state index contributed by atoms with van der Waals surface area (Å²) in [5.41, 5.74) is -0.548. The summed E-state index contributed by atoms with van der Waals surface area (Å²) in [7, 11) is 0. The Kier molecular flexibility index (Phi) is 4.49. The first kappa shape index (κ1) is 14.9. The Morgan fingerprint density at radius 2 is 2.19 bits per heavy atom. The van der Waals surface area contributed by atoms with Crippen molar-refractivity contribution < 1.29 is 24.4 Å². The molecule has 0 aliphatic carbocycles. The second kappa shape index (κ2) is 6.31. The molecular weight excluding hydrogens is 280 g/mol. The van der Waals surface area contributed by atoms with Gasteiger partial charge in [-0.2, -0.15) is 0 Å². The number of carbonyl (C=O) groups is 2. The number of benzene rings is 1. The number of nitro benzene ring substituents is 1. The molecule has 1 amide bonds. The number of nitrogens with zero attached hydrogens (tertiary/aromatic N) is 1. The first-order valence-electron chi connectivity index (χ1n) is 6.39. The Balaban J connectivity index is 2.23. The van der Waals surface area contributed by atoms with Gasteiger partial charge in [-0.15, -0.1) is 0 Å². The highest BCUT2D eigenvalue weighted by Crippen LogP contribution is 2.24. The van der Waals surface area contributed by atoms with Gasteiger partial charge in [0.2, 0.25) is 5.91 Å². The second-order valence-electron chi connectivity index (χ2n) is 4.70. The quantitative estimate of drug-likeness (QED) is 0.643. The monoisotopic (exact) mass is 294 g/mol. The number of carboxylic acids is 1. The van der Waals surface area contributed by atoms with Crippen LogP contribution < -0.4 is 5.32 Å². The smallest absolute Gasteiger partial charge is 0.337 e. The van der Waals surface area contributed by atoms with Gasteiger partial charge in [-0.1, -0.05) is 0 Å². The van der Waals surface area contributed by atoms with Gasteiger partial charge in [-0.3, -0.25) is 14.9 Å². The third-order valence-corrected chi connectivity index (χ3v) is 3.23. The van der Waals surface area contributed by atoms with Crippen molar-refractivity contribution in [2.75, 3.05) is 18.5 Å². The summed E-state index contributed by atoms with van der Waals surface area (Å²) < 4.78 is 5.20. The topological polar surface area (TPSA) is 119 Å². The molecule has 0 spiro atoms. The molecule has 1 atom stereocenters. The largest absolute Gasteiger partial charge is 0.478 e. The van der Waals surface area contributed by atoms with Gasteiger partial charge in [0.15, 0.2) is 0 Å². The van der Waals surface area contributed by atoms with Crippen LogP contribution in [0.2, 0.25) is 0 Å². The first-order valence-corrected chi connectivity index (χ1v) is 6.39. The normalized spacial score (nSPS) is 18.0. The number of nitrogens with one attached hydrogen (secondary N) is 1. The maximum absolute atomic E-state index is 12.1.